The maximum Gasteiger partial charge on any atom is 0.315 e. The number of hydrogen-bond donors (Lipinski definition) is 4. The lowest BCUT2D eigenvalue weighted by atomic mass is 9.83. The maximum atomic E-state index is 14.0. The van der Waals surface area contributed by atoms with Crippen molar-refractivity contribution in [2.24, 2.45) is 23.5 Å². The van der Waals surface area contributed by atoms with Crippen molar-refractivity contribution in [2.45, 2.75) is 101 Å². The highest BCUT2D eigenvalue weighted by Crippen LogP contribution is 2.65. The summed E-state index contributed by atoms with van der Waals surface area (Å²) in [7, 11) is 0. The Kier molecular flexibility index (Phi) is 9.05. The molecule has 5 atom stereocenters. The zero-order valence-electron chi connectivity index (χ0n) is 21.9. The first-order valence-electron chi connectivity index (χ1n) is 13.1. The maximum absolute atomic E-state index is 14.0. The van der Waals surface area contributed by atoms with E-state index >= 15 is 0 Å². The lowest BCUT2D eigenvalue weighted by Crippen LogP contribution is -2.61. The number of ketones is 1. The number of piperidine rings is 1. The Balaban J connectivity index is 1.85. The second-order valence-corrected chi connectivity index (χ2v) is 13.0. The second-order valence-electron chi connectivity index (χ2n) is 11.5. The van der Waals surface area contributed by atoms with E-state index in [-0.39, 0.29) is 30.7 Å². The normalized spacial score (nSPS) is 26.4. The Morgan fingerprint density at radius 1 is 1.05 bits per heavy atom. The van der Waals surface area contributed by atoms with Crippen LogP contribution < -0.4 is 21.7 Å². The molecule has 3 rings (SSSR count). The van der Waals surface area contributed by atoms with Crippen molar-refractivity contribution in [2.75, 3.05) is 6.54 Å². The molecule has 1 heterocycles. The Morgan fingerprint density at radius 2 is 1.68 bits per heavy atom. The molecular formula is C25H39Cl2N5O5. The van der Waals surface area contributed by atoms with Crippen molar-refractivity contribution >= 4 is 52.7 Å². The number of nitrogens with two attached hydrogens (primary N) is 1. The van der Waals surface area contributed by atoms with Crippen LogP contribution in [0.3, 0.4) is 0 Å². The minimum Gasteiger partial charge on any atom is -0.363 e. The minimum atomic E-state index is -1.18. The number of fused-ring (bicyclic) bond motifs is 1. The molecule has 10 nitrogen and oxygen atoms in total. The number of rotatable bonds is 9. The molecule has 5 amide bonds. The fourth-order valence-corrected chi connectivity index (χ4v) is 6.49. The zero-order chi connectivity index (χ0) is 27.7. The van der Waals surface area contributed by atoms with Gasteiger partial charge in [-0.2, -0.15) is 0 Å². The monoisotopic (exact) mass is 559 g/mol. The molecule has 3 fully saturated rings. The zero-order valence-corrected chi connectivity index (χ0v) is 23.5. The number of hydrogen-bond acceptors (Lipinski definition) is 5. The quantitative estimate of drug-likeness (QED) is 0.251. The molecule has 12 heteroatoms. The summed E-state index contributed by atoms with van der Waals surface area (Å²) < 4.78 is -1.18. The molecule has 2 saturated carbocycles. The van der Waals surface area contributed by atoms with Crippen molar-refractivity contribution in [3.8, 4) is 0 Å². The van der Waals surface area contributed by atoms with Gasteiger partial charge in [0.2, 0.25) is 17.6 Å². The predicted molar refractivity (Wildman–Crippen MR) is 140 cm³/mol. The summed E-state index contributed by atoms with van der Waals surface area (Å²) >= 11 is 12.9. The highest BCUT2D eigenvalue weighted by atomic mass is 35.5. The third-order valence-electron chi connectivity index (χ3n) is 7.50. The summed E-state index contributed by atoms with van der Waals surface area (Å²) in [5.41, 5.74) is 4.67. The van der Waals surface area contributed by atoms with Gasteiger partial charge < -0.3 is 26.6 Å². The van der Waals surface area contributed by atoms with Crippen molar-refractivity contribution in [3.63, 3.8) is 0 Å². The van der Waals surface area contributed by atoms with E-state index < -0.39 is 57.5 Å². The molecule has 2 unspecified atom stereocenters. The van der Waals surface area contributed by atoms with Gasteiger partial charge in [-0.05, 0) is 46.0 Å². The third-order valence-corrected chi connectivity index (χ3v) is 8.56. The van der Waals surface area contributed by atoms with Crippen LogP contribution in [0.4, 0.5) is 4.79 Å². The molecule has 0 bridgehead atoms. The average Bonchev–Trinajstić information content (AvgIpc) is 3.14. The minimum absolute atomic E-state index is 0.0753. The van der Waals surface area contributed by atoms with Crippen LogP contribution in [0.25, 0.3) is 0 Å². The van der Waals surface area contributed by atoms with Gasteiger partial charge in [-0.25, -0.2) is 4.79 Å². The highest BCUT2D eigenvalue weighted by Gasteiger charge is 2.74. The first-order valence-corrected chi connectivity index (χ1v) is 13.9. The second kappa shape index (κ2) is 11.4. The first-order chi connectivity index (χ1) is 17.2. The number of urea groups is 1. The summed E-state index contributed by atoms with van der Waals surface area (Å²) in [5, 5.41) is 8.32. The van der Waals surface area contributed by atoms with E-state index in [1.165, 1.54) is 4.90 Å². The first kappa shape index (κ1) is 29.5. The van der Waals surface area contributed by atoms with Gasteiger partial charge >= 0.3 is 6.03 Å². The van der Waals surface area contributed by atoms with E-state index in [0.29, 0.717) is 6.42 Å². The molecule has 37 heavy (non-hydrogen) atoms. The molecule has 1 saturated heterocycles. The van der Waals surface area contributed by atoms with E-state index in [1.54, 1.807) is 6.92 Å². The van der Waals surface area contributed by atoms with Crippen molar-refractivity contribution in [1.82, 2.24) is 20.9 Å². The van der Waals surface area contributed by atoms with Gasteiger partial charge in [-0.15, -0.1) is 23.2 Å². The number of halogens is 2. The lowest BCUT2D eigenvalue weighted by molar-refractivity contribution is -0.144. The van der Waals surface area contributed by atoms with Crippen LogP contribution in [-0.4, -0.2) is 69.0 Å². The molecule has 0 aromatic carbocycles. The number of likely N-dealkylation sites (tertiary alicyclic amines) is 1. The van der Waals surface area contributed by atoms with Crippen LogP contribution in [0, 0.1) is 17.8 Å². The van der Waals surface area contributed by atoms with E-state index in [2.05, 4.69) is 16.0 Å². The van der Waals surface area contributed by atoms with E-state index in [9.17, 15) is 24.0 Å². The van der Waals surface area contributed by atoms with Crippen LogP contribution >= 0.6 is 23.2 Å². The number of carbonyl (C=O) groups excluding carboxylic acids is 5. The molecule has 3 aliphatic rings. The van der Waals surface area contributed by atoms with E-state index in [1.807, 2.05) is 20.8 Å². The van der Waals surface area contributed by atoms with Gasteiger partial charge in [0.15, 0.2) is 0 Å². The van der Waals surface area contributed by atoms with Crippen molar-refractivity contribution < 1.29 is 24.0 Å². The summed E-state index contributed by atoms with van der Waals surface area (Å²) in [4.78, 5) is 65.5. The fourth-order valence-electron chi connectivity index (χ4n) is 5.66. The van der Waals surface area contributed by atoms with Gasteiger partial charge in [0, 0.05) is 23.9 Å². The Hall–Kier alpha value is -2.07. The van der Waals surface area contributed by atoms with Crippen LogP contribution in [0.1, 0.15) is 72.6 Å². The SMILES string of the molecule is CCCC(NC(=O)[C@@H]1C2[C@H](CN1C(=O)[C@@H](NC(=O)NC(C)(C)C)C1CCCCC1)C2(Cl)Cl)C(=O)C(N)=O. The number of Topliss-reactive ketones (excluding diaryl/α,β-unsaturated/α-hetero) is 1. The predicted octanol–water partition coefficient (Wildman–Crippen LogP) is 2.00. The molecule has 0 radical (unpaired) electrons. The Bertz CT molecular complexity index is 931. The number of nitrogens with zero attached hydrogens (tertiary/aromatic N) is 1. The summed E-state index contributed by atoms with van der Waals surface area (Å²) in [6.07, 6.45) is 5.27. The molecule has 1 aliphatic heterocycles. The molecular weight excluding hydrogens is 521 g/mol. The van der Waals surface area contributed by atoms with Gasteiger partial charge in [0.1, 0.15) is 16.4 Å². The van der Waals surface area contributed by atoms with Crippen molar-refractivity contribution in [1.29, 1.82) is 0 Å². The Labute approximate surface area is 228 Å². The molecule has 0 aromatic rings. The van der Waals surface area contributed by atoms with Crippen LogP contribution in [-0.2, 0) is 19.2 Å². The van der Waals surface area contributed by atoms with Gasteiger partial charge in [0.25, 0.3) is 5.91 Å². The lowest BCUT2D eigenvalue weighted by Gasteiger charge is -2.37. The van der Waals surface area contributed by atoms with Crippen LogP contribution in [0.15, 0.2) is 0 Å². The third kappa shape index (κ3) is 6.69. The van der Waals surface area contributed by atoms with Crippen LogP contribution in [0.2, 0.25) is 0 Å². The highest BCUT2D eigenvalue weighted by molar-refractivity contribution is 6.51. The van der Waals surface area contributed by atoms with Gasteiger partial charge in [-0.1, -0.05) is 32.6 Å². The van der Waals surface area contributed by atoms with E-state index in [4.69, 9.17) is 28.9 Å². The van der Waals surface area contributed by atoms with Crippen molar-refractivity contribution in [3.05, 3.63) is 0 Å². The number of nitrogens with one attached hydrogen (secondary N) is 3. The Morgan fingerprint density at radius 3 is 2.22 bits per heavy atom. The standard InChI is InChI=1S/C25H39Cl2N5O5/c1-5-9-15(19(33)20(28)34)29-21(35)18-16-14(25(16,26)27)12-32(18)22(36)17(13-10-7-6-8-11-13)30-23(37)31-24(2,3)4/h13-18H,5-12H2,1-4H3,(H2,28,34)(H,29,35)(H2,30,31,37)/t14-,15?,16?,17-,18-/m0/s1. The van der Waals surface area contributed by atoms with Gasteiger partial charge in [0.05, 0.1) is 6.04 Å². The molecule has 5 N–H and O–H groups in total. The number of alkyl halides is 2. The smallest absolute Gasteiger partial charge is 0.315 e. The topological polar surface area (TPSA) is 151 Å². The summed E-state index contributed by atoms with van der Waals surface area (Å²) in [6.45, 7) is 7.50. The largest absolute Gasteiger partial charge is 0.363 e. The molecule has 208 valence electrons. The summed E-state index contributed by atoms with van der Waals surface area (Å²) in [6, 6.07) is -3.42. The number of carbonyl (C=O) groups is 5. The van der Waals surface area contributed by atoms with Crippen LogP contribution in [0.5, 0.6) is 0 Å². The summed E-state index contributed by atoms with van der Waals surface area (Å²) in [5.74, 6) is -3.95. The molecule has 0 aromatic heterocycles. The molecule has 0 spiro atoms. The number of primary amides is 1. The van der Waals surface area contributed by atoms with Gasteiger partial charge in [-0.3, -0.25) is 19.2 Å². The average molecular weight is 561 g/mol. The van der Waals surface area contributed by atoms with E-state index in [0.717, 1.165) is 32.1 Å². The fraction of sp³-hybridized carbons (Fsp3) is 0.800. The number of amides is 5. The molecule has 2 aliphatic carbocycles.